The smallest absolute Gasteiger partial charge is 0.267 e. The molecular weight excluding hydrogens is 257 g/mol. The molecule has 2 rings (SSSR count). The summed E-state index contributed by atoms with van der Waals surface area (Å²) in [4.78, 5) is 11.7. The van der Waals surface area contributed by atoms with Crippen molar-refractivity contribution in [1.82, 2.24) is 4.72 Å². The lowest BCUT2D eigenvalue weighted by Gasteiger charge is -2.08. The molecule has 0 unspecified atom stereocenters. The molecule has 1 aliphatic carbocycles. The van der Waals surface area contributed by atoms with Gasteiger partial charge in [-0.05, 0) is 37.3 Å². The van der Waals surface area contributed by atoms with Gasteiger partial charge in [-0.2, -0.15) is 0 Å². The van der Waals surface area contributed by atoms with Crippen molar-refractivity contribution in [3.8, 4) is 0 Å². The first-order valence-corrected chi connectivity index (χ1v) is 7.43. The van der Waals surface area contributed by atoms with E-state index in [0.717, 1.165) is 12.8 Å². The van der Waals surface area contributed by atoms with Gasteiger partial charge in [0, 0.05) is 0 Å². The Labute approximate surface area is 105 Å². The van der Waals surface area contributed by atoms with Gasteiger partial charge in [0.25, 0.3) is 5.91 Å². The number of amides is 1. The Balaban J connectivity index is 2.28. The van der Waals surface area contributed by atoms with E-state index in [1.807, 2.05) is 4.72 Å². The lowest BCUT2D eigenvalue weighted by Crippen LogP contribution is -2.32. The van der Waals surface area contributed by atoms with E-state index in [2.05, 4.69) is 0 Å². The van der Waals surface area contributed by atoms with Crippen LogP contribution in [-0.2, 0) is 10.0 Å². The van der Waals surface area contributed by atoms with E-state index in [4.69, 9.17) is 0 Å². The van der Waals surface area contributed by atoms with Crippen LogP contribution in [0.2, 0.25) is 0 Å². The zero-order valence-electron chi connectivity index (χ0n) is 9.94. The van der Waals surface area contributed by atoms with Crippen LogP contribution in [0.5, 0.6) is 0 Å². The van der Waals surface area contributed by atoms with E-state index in [1.165, 1.54) is 13.0 Å². The van der Waals surface area contributed by atoms with E-state index in [1.54, 1.807) is 12.1 Å². The number of halogens is 1. The van der Waals surface area contributed by atoms with Crippen molar-refractivity contribution in [3.05, 3.63) is 35.1 Å². The summed E-state index contributed by atoms with van der Waals surface area (Å²) in [5, 5.41) is 0. The molecule has 1 N–H and O–H groups in total. The normalized spacial score (nSPS) is 15.4. The molecule has 1 fully saturated rings. The standard InChI is InChI=1S/C12H14FNO3S/c1-2-18(16,17)14-12(15)10-5-3-4-9(11(10)13)8-6-7-8/h3-5,8H,2,6-7H2,1H3,(H,14,15). The van der Waals surface area contributed by atoms with Gasteiger partial charge in [-0.1, -0.05) is 12.1 Å². The van der Waals surface area contributed by atoms with Crippen molar-refractivity contribution >= 4 is 15.9 Å². The van der Waals surface area contributed by atoms with Gasteiger partial charge in [-0.15, -0.1) is 0 Å². The van der Waals surface area contributed by atoms with Gasteiger partial charge >= 0.3 is 0 Å². The molecule has 0 aromatic heterocycles. The fourth-order valence-electron chi connectivity index (χ4n) is 1.70. The summed E-state index contributed by atoms with van der Waals surface area (Å²) in [5.41, 5.74) is 0.285. The summed E-state index contributed by atoms with van der Waals surface area (Å²) < 4.78 is 38.4. The highest BCUT2D eigenvalue weighted by molar-refractivity contribution is 7.90. The molecule has 1 amide bonds. The first kappa shape index (κ1) is 13.0. The van der Waals surface area contributed by atoms with Crippen molar-refractivity contribution in [2.24, 2.45) is 0 Å². The zero-order valence-corrected chi connectivity index (χ0v) is 10.8. The Hall–Kier alpha value is -1.43. The molecule has 1 aliphatic rings. The van der Waals surface area contributed by atoms with Crippen LogP contribution in [0.3, 0.4) is 0 Å². The molecule has 0 heterocycles. The van der Waals surface area contributed by atoms with Gasteiger partial charge in [0.2, 0.25) is 10.0 Å². The average Bonchev–Trinajstić information content (AvgIpc) is 3.12. The van der Waals surface area contributed by atoms with Crippen LogP contribution in [0.1, 0.15) is 41.6 Å². The number of carbonyl (C=O) groups excluding carboxylic acids is 1. The molecule has 0 aliphatic heterocycles. The van der Waals surface area contributed by atoms with Crippen LogP contribution in [0, 0.1) is 5.82 Å². The van der Waals surface area contributed by atoms with Crippen LogP contribution < -0.4 is 4.72 Å². The third kappa shape index (κ3) is 2.69. The van der Waals surface area contributed by atoms with Gasteiger partial charge in [0.05, 0.1) is 11.3 Å². The number of benzene rings is 1. The van der Waals surface area contributed by atoms with E-state index >= 15 is 0 Å². The van der Waals surface area contributed by atoms with Gasteiger partial charge in [0.15, 0.2) is 0 Å². The van der Waals surface area contributed by atoms with Crippen LogP contribution >= 0.6 is 0 Å². The number of carbonyl (C=O) groups is 1. The highest BCUT2D eigenvalue weighted by atomic mass is 32.2. The van der Waals surface area contributed by atoms with Crippen LogP contribution in [0.15, 0.2) is 18.2 Å². The maximum absolute atomic E-state index is 14.0. The molecule has 0 saturated heterocycles. The maximum atomic E-state index is 14.0. The predicted octanol–water partition coefficient (Wildman–Crippen LogP) is 1.78. The van der Waals surface area contributed by atoms with E-state index in [9.17, 15) is 17.6 Å². The molecule has 1 aromatic carbocycles. The van der Waals surface area contributed by atoms with Crippen molar-refractivity contribution in [2.75, 3.05) is 5.75 Å². The summed E-state index contributed by atoms with van der Waals surface area (Å²) in [7, 11) is -3.67. The fourth-order valence-corrected chi connectivity index (χ4v) is 2.24. The van der Waals surface area contributed by atoms with Gasteiger partial charge in [-0.25, -0.2) is 17.5 Å². The number of hydrogen-bond donors (Lipinski definition) is 1. The first-order chi connectivity index (χ1) is 8.44. The second-order valence-corrected chi connectivity index (χ2v) is 6.33. The second-order valence-electron chi connectivity index (χ2n) is 4.32. The van der Waals surface area contributed by atoms with E-state index in [0.29, 0.717) is 5.56 Å². The van der Waals surface area contributed by atoms with Crippen LogP contribution in [0.25, 0.3) is 0 Å². The monoisotopic (exact) mass is 271 g/mol. The Morgan fingerprint density at radius 2 is 2.11 bits per heavy atom. The zero-order chi connectivity index (χ0) is 13.3. The molecule has 6 heteroatoms. The Morgan fingerprint density at radius 3 is 2.67 bits per heavy atom. The van der Waals surface area contributed by atoms with Gasteiger partial charge in [-0.3, -0.25) is 4.79 Å². The maximum Gasteiger partial charge on any atom is 0.267 e. The van der Waals surface area contributed by atoms with E-state index < -0.39 is 21.7 Å². The summed E-state index contributed by atoms with van der Waals surface area (Å²) >= 11 is 0. The van der Waals surface area contributed by atoms with Crippen molar-refractivity contribution in [2.45, 2.75) is 25.7 Å². The summed E-state index contributed by atoms with van der Waals surface area (Å²) in [6.45, 7) is 1.41. The number of sulfonamides is 1. The molecule has 1 saturated carbocycles. The Bertz CT molecular complexity index is 579. The third-order valence-corrected chi connectivity index (χ3v) is 4.18. The summed E-state index contributed by atoms with van der Waals surface area (Å²) in [5.74, 6) is -1.57. The summed E-state index contributed by atoms with van der Waals surface area (Å²) in [6, 6.07) is 4.50. The second kappa shape index (κ2) is 4.68. The SMILES string of the molecule is CCS(=O)(=O)NC(=O)c1cccc(C2CC2)c1F. The lowest BCUT2D eigenvalue weighted by atomic mass is 10.1. The highest BCUT2D eigenvalue weighted by Crippen LogP contribution is 2.41. The van der Waals surface area contributed by atoms with Crippen molar-refractivity contribution in [3.63, 3.8) is 0 Å². The molecule has 0 bridgehead atoms. The quantitative estimate of drug-likeness (QED) is 0.908. The third-order valence-electron chi connectivity index (χ3n) is 2.92. The Kier molecular flexibility index (Phi) is 3.38. The van der Waals surface area contributed by atoms with Gasteiger partial charge < -0.3 is 0 Å². The fraction of sp³-hybridized carbons (Fsp3) is 0.417. The molecule has 18 heavy (non-hydrogen) atoms. The number of hydrogen-bond acceptors (Lipinski definition) is 3. The van der Waals surface area contributed by atoms with Crippen molar-refractivity contribution in [1.29, 1.82) is 0 Å². The molecular formula is C12H14FNO3S. The molecule has 0 spiro atoms. The predicted molar refractivity (Wildman–Crippen MR) is 65.3 cm³/mol. The van der Waals surface area contributed by atoms with Crippen molar-refractivity contribution < 1.29 is 17.6 Å². The topological polar surface area (TPSA) is 63.2 Å². The number of rotatable bonds is 4. The van der Waals surface area contributed by atoms with Gasteiger partial charge in [0.1, 0.15) is 5.82 Å². The molecule has 0 atom stereocenters. The molecule has 98 valence electrons. The Morgan fingerprint density at radius 1 is 1.44 bits per heavy atom. The minimum absolute atomic E-state index is 0.167. The molecule has 4 nitrogen and oxygen atoms in total. The largest absolute Gasteiger partial charge is 0.268 e. The molecule has 0 radical (unpaired) electrons. The highest BCUT2D eigenvalue weighted by Gasteiger charge is 2.29. The van der Waals surface area contributed by atoms with Crippen LogP contribution in [-0.4, -0.2) is 20.1 Å². The average molecular weight is 271 g/mol. The van der Waals surface area contributed by atoms with Crippen LogP contribution in [0.4, 0.5) is 4.39 Å². The minimum atomic E-state index is -3.67. The lowest BCUT2D eigenvalue weighted by molar-refractivity contribution is 0.0977. The first-order valence-electron chi connectivity index (χ1n) is 5.78. The minimum Gasteiger partial charge on any atom is -0.268 e. The van der Waals surface area contributed by atoms with E-state index in [-0.39, 0.29) is 17.2 Å². The summed E-state index contributed by atoms with van der Waals surface area (Å²) in [6.07, 6.45) is 1.82. The number of nitrogens with one attached hydrogen (secondary N) is 1. The molecule has 1 aromatic rings.